The Balaban J connectivity index is 1.02. The van der Waals surface area contributed by atoms with Crippen LogP contribution in [0.3, 0.4) is 0 Å². The van der Waals surface area contributed by atoms with E-state index in [-0.39, 0.29) is 5.41 Å². The van der Waals surface area contributed by atoms with Crippen LogP contribution in [0.25, 0.3) is 77.5 Å². The van der Waals surface area contributed by atoms with E-state index < -0.39 is 0 Å². The molecule has 11 rings (SSSR count). The monoisotopic (exact) mass is 791 g/mol. The molecule has 0 bridgehead atoms. The lowest BCUT2D eigenvalue weighted by molar-refractivity contribution is 0.660. The predicted molar refractivity (Wildman–Crippen MR) is 263 cm³/mol. The fraction of sp³-hybridized carbons (Fsp3) is 0.0492. The van der Waals surface area contributed by atoms with Gasteiger partial charge in [0.25, 0.3) is 0 Å². The maximum absolute atomic E-state index is 2.43. The highest BCUT2D eigenvalue weighted by atomic mass is 15.1. The molecule has 1 heteroatoms. The topological polar surface area (TPSA) is 3.24 Å². The van der Waals surface area contributed by atoms with E-state index in [4.69, 9.17) is 0 Å². The number of fused-ring (bicyclic) bond motifs is 4. The van der Waals surface area contributed by atoms with Crippen LogP contribution in [0.2, 0.25) is 0 Å². The molecule has 62 heavy (non-hydrogen) atoms. The summed E-state index contributed by atoms with van der Waals surface area (Å²) in [4.78, 5) is 2.42. The standard InChI is InChI=1S/C61H45N/c1-61(2)57-24-14-23-54(46-19-10-5-11-20-46)60(57)56-40-38-52(41-58(56)61)62(50-34-29-45(30-35-50)43-17-8-4-9-18-43)51-36-31-48(32-37-51)55-39-33-47-21-12-13-22-53(47)59(55)49-27-25-44(26-28-49)42-15-6-3-7-16-42/h3-41H,1-2H3. The van der Waals surface area contributed by atoms with Crippen molar-refractivity contribution in [2.45, 2.75) is 19.3 Å². The van der Waals surface area contributed by atoms with Crippen molar-refractivity contribution in [3.8, 4) is 66.8 Å². The maximum atomic E-state index is 2.43. The van der Waals surface area contributed by atoms with Gasteiger partial charge in [0.2, 0.25) is 0 Å². The van der Waals surface area contributed by atoms with Gasteiger partial charge in [-0.15, -0.1) is 0 Å². The summed E-state index contributed by atoms with van der Waals surface area (Å²) in [7, 11) is 0. The minimum atomic E-state index is -0.177. The van der Waals surface area contributed by atoms with Gasteiger partial charge < -0.3 is 4.90 Å². The van der Waals surface area contributed by atoms with Crippen molar-refractivity contribution in [2.75, 3.05) is 4.90 Å². The Labute approximate surface area is 364 Å². The highest BCUT2D eigenvalue weighted by Crippen LogP contribution is 2.54. The van der Waals surface area contributed by atoms with Crippen molar-refractivity contribution in [2.24, 2.45) is 0 Å². The molecule has 10 aromatic rings. The molecule has 0 spiro atoms. The largest absolute Gasteiger partial charge is 0.310 e. The van der Waals surface area contributed by atoms with Gasteiger partial charge in [-0.25, -0.2) is 0 Å². The number of anilines is 3. The molecule has 10 aromatic carbocycles. The molecular formula is C61H45N. The average molecular weight is 792 g/mol. The molecule has 0 radical (unpaired) electrons. The molecule has 0 aromatic heterocycles. The molecule has 0 fully saturated rings. The molecule has 0 atom stereocenters. The molecule has 294 valence electrons. The SMILES string of the molecule is CC1(C)c2cc(N(c3ccc(-c4ccccc4)cc3)c3ccc(-c4ccc5ccccc5c4-c4ccc(-c5ccccc5)cc4)cc3)ccc2-c2c(-c3ccccc3)cccc21. The molecule has 0 amide bonds. The molecule has 0 unspecified atom stereocenters. The van der Waals surface area contributed by atoms with Crippen LogP contribution < -0.4 is 4.90 Å². The Kier molecular flexibility index (Phi) is 9.24. The quantitative estimate of drug-likeness (QED) is 0.148. The molecule has 0 N–H and O–H groups in total. The minimum Gasteiger partial charge on any atom is -0.310 e. The Morgan fingerprint density at radius 3 is 1.37 bits per heavy atom. The van der Waals surface area contributed by atoms with Crippen LogP contribution in [-0.2, 0) is 5.41 Å². The van der Waals surface area contributed by atoms with Gasteiger partial charge in [0.05, 0.1) is 0 Å². The summed E-state index contributed by atoms with van der Waals surface area (Å²) < 4.78 is 0. The van der Waals surface area contributed by atoms with Crippen molar-refractivity contribution in [1.82, 2.24) is 0 Å². The Morgan fingerprint density at radius 1 is 0.290 bits per heavy atom. The number of rotatable bonds is 8. The first-order valence-electron chi connectivity index (χ1n) is 21.6. The maximum Gasteiger partial charge on any atom is 0.0465 e. The van der Waals surface area contributed by atoms with E-state index in [1.165, 1.54) is 88.7 Å². The summed E-state index contributed by atoms with van der Waals surface area (Å²) in [5.74, 6) is 0. The zero-order valence-electron chi connectivity index (χ0n) is 35.0. The van der Waals surface area contributed by atoms with Crippen molar-refractivity contribution in [3.63, 3.8) is 0 Å². The number of hydrogen-bond donors (Lipinski definition) is 0. The lowest BCUT2D eigenvalue weighted by atomic mass is 9.81. The third-order valence-corrected chi connectivity index (χ3v) is 12.9. The van der Waals surface area contributed by atoms with Gasteiger partial charge in [-0.3, -0.25) is 0 Å². The summed E-state index contributed by atoms with van der Waals surface area (Å²) >= 11 is 0. The van der Waals surface area contributed by atoms with Gasteiger partial charge in [0, 0.05) is 22.5 Å². The number of benzene rings is 10. The van der Waals surface area contributed by atoms with E-state index >= 15 is 0 Å². The zero-order valence-corrected chi connectivity index (χ0v) is 35.0. The van der Waals surface area contributed by atoms with Crippen molar-refractivity contribution >= 4 is 27.8 Å². The summed E-state index contributed by atoms with van der Waals surface area (Å²) in [6.07, 6.45) is 0. The van der Waals surface area contributed by atoms with Crippen LogP contribution in [0.15, 0.2) is 237 Å². The molecule has 1 nitrogen and oxygen atoms in total. The predicted octanol–water partition coefficient (Wildman–Crippen LogP) is 17.0. The fourth-order valence-electron chi connectivity index (χ4n) is 9.73. The van der Waals surface area contributed by atoms with Crippen LogP contribution >= 0.6 is 0 Å². The lowest BCUT2D eigenvalue weighted by Crippen LogP contribution is -2.16. The second-order valence-electron chi connectivity index (χ2n) is 16.9. The van der Waals surface area contributed by atoms with E-state index in [9.17, 15) is 0 Å². The van der Waals surface area contributed by atoms with E-state index in [1.54, 1.807) is 0 Å². The van der Waals surface area contributed by atoms with E-state index in [0.29, 0.717) is 0 Å². The smallest absolute Gasteiger partial charge is 0.0465 e. The van der Waals surface area contributed by atoms with Crippen LogP contribution in [0.1, 0.15) is 25.0 Å². The Hall–Kier alpha value is -7.74. The lowest BCUT2D eigenvalue weighted by Gasteiger charge is -2.28. The zero-order chi connectivity index (χ0) is 41.6. The van der Waals surface area contributed by atoms with Crippen LogP contribution in [0.5, 0.6) is 0 Å². The first kappa shape index (κ1) is 37.3. The summed E-state index contributed by atoms with van der Waals surface area (Å²) in [5, 5.41) is 2.48. The van der Waals surface area contributed by atoms with Crippen LogP contribution in [0, 0.1) is 0 Å². The van der Waals surface area contributed by atoms with Crippen LogP contribution in [0.4, 0.5) is 17.1 Å². The van der Waals surface area contributed by atoms with Gasteiger partial charge in [0.1, 0.15) is 0 Å². The van der Waals surface area contributed by atoms with E-state index in [1.807, 2.05) is 0 Å². The van der Waals surface area contributed by atoms with Crippen molar-refractivity contribution in [1.29, 1.82) is 0 Å². The molecule has 1 aliphatic carbocycles. The first-order chi connectivity index (χ1) is 30.5. The van der Waals surface area contributed by atoms with Gasteiger partial charge in [-0.1, -0.05) is 214 Å². The van der Waals surface area contributed by atoms with Crippen LogP contribution in [-0.4, -0.2) is 0 Å². The number of nitrogens with zero attached hydrogens (tertiary/aromatic N) is 1. The van der Waals surface area contributed by atoms with Gasteiger partial charge in [-0.2, -0.15) is 0 Å². The molecule has 0 saturated carbocycles. The molecule has 0 aliphatic heterocycles. The number of hydrogen-bond acceptors (Lipinski definition) is 1. The Bertz CT molecular complexity index is 3200. The Morgan fingerprint density at radius 2 is 0.742 bits per heavy atom. The molecule has 0 heterocycles. The van der Waals surface area contributed by atoms with E-state index in [0.717, 1.165) is 17.1 Å². The van der Waals surface area contributed by atoms with Gasteiger partial charge in [0.15, 0.2) is 0 Å². The summed E-state index contributed by atoms with van der Waals surface area (Å²) in [5.41, 5.74) is 20.8. The fourth-order valence-corrected chi connectivity index (χ4v) is 9.73. The van der Waals surface area contributed by atoms with E-state index in [2.05, 4.69) is 255 Å². The highest BCUT2D eigenvalue weighted by Gasteiger charge is 2.37. The summed E-state index contributed by atoms with van der Waals surface area (Å²) in [6.45, 7) is 4.75. The highest BCUT2D eigenvalue weighted by molar-refractivity contribution is 6.04. The van der Waals surface area contributed by atoms with Crippen molar-refractivity contribution in [3.05, 3.63) is 248 Å². The second-order valence-corrected chi connectivity index (χ2v) is 16.9. The first-order valence-corrected chi connectivity index (χ1v) is 21.6. The van der Waals surface area contributed by atoms with Gasteiger partial charge >= 0.3 is 0 Å². The molecule has 0 saturated heterocycles. The summed E-state index contributed by atoms with van der Waals surface area (Å²) in [6, 6.07) is 86.5. The molecule has 1 aliphatic rings. The van der Waals surface area contributed by atoms with Gasteiger partial charge in [-0.05, 0) is 125 Å². The third-order valence-electron chi connectivity index (χ3n) is 12.9. The molecular weight excluding hydrogens is 747 g/mol. The minimum absolute atomic E-state index is 0.177. The average Bonchev–Trinajstić information content (AvgIpc) is 3.58. The normalized spacial score (nSPS) is 12.5. The van der Waals surface area contributed by atoms with Crippen molar-refractivity contribution < 1.29 is 0 Å². The second kappa shape index (κ2) is 15.4. The third kappa shape index (κ3) is 6.51.